The van der Waals surface area contributed by atoms with Crippen LogP contribution in [-0.2, 0) is 4.79 Å². The molecule has 3 aliphatic carbocycles. The number of rotatable bonds is 3. The Balaban J connectivity index is 1.62. The van der Waals surface area contributed by atoms with E-state index < -0.39 is 5.66 Å². The minimum Gasteiger partial charge on any atom is -0.395 e. The van der Waals surface area contributed by atoms with Gasteiger partial charge in [0, 0.05) is 24.1 Å². The Morgan fingerprint density at radius 2 is 2.16 bits per heavy atom. The monoisotopic (exact) mass is 343 g/mol. The van der Waals surface area contributed by atoms with Crippen molar-refractivity contribution < 1.29 is 14.7 Å². The number of carbonyl (C=O) groups is 2. The number of aliphatic hydroxyl groups is 1. The van der Waals surface area contributed by atoms with Gasteiger partial charge in [-0.2, -0.15) is 0 Å². The van der Waals surface area contributed by atoms with E-state index in [4.69, 9.17) is 5.11 Å². The molecule has 6 nitrogen and oxygen atoms in total. The molecule has 4 N–H and O–H groups in total. The molecular formula is C19H25N3O3. The number of nitrogens with one attached hydrogen (secondary N) is 3. The average molecular weight is 343 g/mol. The second-order valence-electron chi connectivity index (χ2n) is 7.97. The molecule has 25 heavy (non-hydrogen) atoms. The van der Waals surface area contributed by atoms with Crippen LogP contribution in [0, 0.1) is 17.3 Å². The zero-order valence-corrected chi connectivity index (χ0v) is 14.5. The molecule has 0 unspecified atom stereocenters. The van der Waals surface area contributed by atoms with Crippen molar-refractivity contribution in [3.05, 3.63) is 29.8 Å². The van der Waals surface area contributed by atoms with Gasteiger partial charge in [0.05, 0.1) is 12.2 Å². The second kappa shape index (κ2) is 5.73. The van der Waals surface area contributed by atoms with Gasteiger partial charge >= 0.3 is 0 Å². The highest BCUT2D eigenvalue weighted by Gasteiger charge is 2.60. The summed E-state index contributed by atoms with van der Waals surface area (Å²) in [5.41, 5.74) is 0.924. The summed E-state index contributed by atoms with van der Waals surface area (Å²) in [6.07, 6.45) is 3.47. The van der Waals surface area contributed by atoms with Crippen molar-refractivity contribution in [1.29, 1.82) is 0 Å². The fourth-order valence-corrected chi connectivity index (χ4v) is 5.16. The van der Waals surface area contributed by atoms with Crippen molar-refractivity contribution in [1.82, 2.24) is 10.6 Å². The number of fused-ring (bicyclic) bond motifs is 3. The van der Waals surface area contributed by atoms with Crippen molar-refractivity contribution in [2.45, 2.75) is 38.3 Å². The van der Waals surface area contributed by atoms with E-state index in [1.54, 1.807) is 0 Å². The molecule has 2 amide bonds. The first-order valence-electron chi connectivity index (χ1n) is 9.06. The average Bonchev–Trinajstić information content (AvgIpc) is 2.59. The van der Waals surface area contributed by atoms with Crippen LogP contribution in [0.1, 0.15) is 43.0 Å². The zero-order valence-electron chi connectivity index (χ0n) is 14.5. The zero-order chi connectivity index (χ0) is 17.7. The summed E-state index contributed by atoms with van der Waals surface area (Å²) >= 11 is 0. The fraction of sp³-hybridized carbons (Fsp3) is 0.579. The SMILES string of the molecule is C[C@]12CC[C@H](C[C@@H]1C(=O)NCCO)[C@]1(C2)NC(=O)c2ccccc2N1. The van der Waals surface area contributed by atoms with E-state index in [9.17, 15) is 9.59 Å². The van der Waals surface area contributed by atoms with Crippen LogP contribution in [-0.4, -0.2) is 35.7 Å². The van der Waals surface area contributed by atoms with Crippen LogP contribution < -0.4 is 16.0 Å². The van der Waals surface area contributed by atoms with Gasteiger partial charge in [-0.25, -0.2) is 0 Å². The van der Waals surface area contributed by atoms with Crippen molar-refractivity contribution in [2.24, 2.45) is 17.3 Å². The van der Waals surface area contributed by atoms with Crippen LogP contribution in [0.3, 0.4) is 0 Å². The first kappa shape index (κ1) is 16.4. The molecule has 134 valence electrons. The maximum absolute atomic E-state index is 12.6. The van der Waals surface area contributed by atoms with Gasteiger partial charge in [0.2, 0.25) is 5.91 Å². The molecule has 3 saturated carbocycles. The van der Waals surface area contributed by atoms with Crippen molar-refractivity contribution >= 4 is 17.5 Å². The summed E-state index contributed by atoms with van der Waals surface area (Å²) in [6.45, 7) is 2.40. The van der Waals surface area contributed by atoms with Crippen molar-refractivity contribution in [2.75, 3.05) is 18.5 Å². The Bertz CT molecular complexity index is 722. The van der Waals surface area contributed by atoms with Crippen LogP contribution >= 0.6 is 0 Å². The minimum atomic E-state index is -0.466. The summed E-state index contributed by atoms with van der Waals surface area (Å²) in [5, 5.41) is 18.6. The van der Waals surface area contributed by atoms with Gasteiger partial charge in [0.25, 0.3) is 5.91 Å². The maximum atomic E-state index is 12.6. The molecule has 3 fully saturated rings. The van der Waals surface area contributed by atoms with Crippen molar-refractivity contribution in [3.8, 4) is 0 Å². The molecule has 1 aromatic carbocycles. The van der Waals surface area contributed by atoms with Crippen LogP contribution in [0.15, 0.2) is 24.3 Å². The highest BCUT2D eigenvalue weighted by atomic mass is 16.3. The summed E-state index contributed by atoms with van der Waals surface area (Å²) in [6, 6.07) is 7.59. The molecule has 0 saturated heterocycles. The van der Waals surface area contributed by atoms with E-state index in [0.717, 1.165) is 31.4 Å². The van der Waals surface area contributed by atoms with Gasteiger partial charge < -0.3 is 21.1 Å². The third-order valence-corrected chi connectivity index (χ3v) is 6.40. The first-order valence-corrected chi connectivity index (χ1v) is 9.06. The quantitative estimate of drug-likeness (QED) is 0.669. The largest absolute Gasteiger partial charge is 0.395 e. The molecular weight excluding hydrogens is 318 g/mol. The Morgan fingerprint density at radius 3 is 2.92 bits per heavy atom. The lowest BCUT2D eigenvalue weighted by atomic mass is 9.51. The van der Waals surface area contributed by atoms with Gasteiger partial charge in [0.15, 0.2) is 0 Å². The number of carbonyl (C=O) groups excluding carboxylic acids is 2. The van der Waals surface area contributed by atoms with Crippen LogP contribution in [0.25, 0.3) is 0 Å². The number of anilines is 1. The number of amides is 2. The Hall–Kier alpha value is -2.08. The lowest BCUT2D eigenvalue weighted by Gasteiger charge is -2.60. The molecule has 1 spiro atoms. The fourth-order valence-electron chi connectivity index (χ4n) is 5.16. The van der Waals surface area contributed by atoms with Gasteiger partial charge in [-0.15, -0.1) is 0 Å². The van der Waals surface area contributed by atoms with Gasteiger partial charge in [0.1, 0.15) is 5.66 Å². The summed E-state index contributed by atoms with van der Waals surface area (Å²) in [7, 11) is 0. The molecule has 4 aliphatic rings. The van der Waals surface area contributed by atoms with E-state index in [1.807, 2.05) is 24.3 Å². The highest BCUT2D eigenvalue weighted by Crippen LogP contribution is 2.58. The van der Waals surface area contributed by atoms with Gasteiger partial charge in [-0.05, 0) is 43.2 Å². The van der Waals surface area contributed by atoms with Crippen LogP contribution in [0.2, 0.25) is 0 Å². The molecule has 1 aliphatic heterocycles. The maximum Gasteiger partial charge on any atom is 0.255 e. The van der Waals surface area contributed by atoms with Crippen LogP contribution in [0.4, 0.5) is 5.69 Å². The van der Waals surface area contributed by atoms with E-state index in [1.165, 1.54) is 0 Å². The van der Waals surface area contributed by atoms with E-state index in [0.29, 0.717) is 12.1 Å². The summed E-state index contributed by atoms with van der Waals surface area (Å²) < 4.78 is 0. The molecule has 4 atom stereocenters. The number of benzene rings is 1. The molecule has 6 heteroatoms. The number of hydrogen-bond acceptors (Lipinski definition) is 4. The number of aliphatic hydroxyl groups excluding tert-OH is 1. The van der Waals surface area contributed by atoms with E-state index in [-0.39, 0.29) is 35.7 Å². The van der Waals surface area contributed by atoms with E-state index in [2.05, 4.69) is 22.9 Å². The van der Waals surface area contributed by atoms with Crippen LogP contribution in [0.5, 0.6) is 0 Å². The molecule has 1 aromatic rings. The predicted molar refractivity (Wildman–Crippen MR) is 93.9 cm³/mol. The summed E-state index contributed by atoms with van der Waals surface area (Å²) in [5.74, 6) is 0.140. The number of para-hydroxylation sites is 1. The smallest absolute Gasteiger partial charge is 0.255 e. The Labute approximate surface area is 147 Å². The Kier molecular flexibility index (Phi) is 3.76. The van der Waals surface area contributed by atoms with E-state index >= 15 is 0 Å². The standard InChI is InChI=1S/C19H25N3O3/c1-18-7-6-12(10-14(18)17(25)20-8-9-23)19(11-18)21-15-5-3-2-4-13(15)16(24)22-19/h2-5,12,14,21,23H,6-11H2,1H3,(H,20,25)(H,22,24)/t12-,14-,18-,19+/m1/s1. The lowest BCUT2D eigenvalue weighted by Crippen LogP contribution is -2.70. The number of hydrogen-bond donors (Lipinski definition) is 4. The first-order chi connectivity index (χ1) is 12.0. The van der Waals surface area contributed by atoms with Crippen molar-refractivity contribution in [3.63, 3.8) is 0 Å². The molecule has 1 heterocycles. The third-order valence-electron chi connectivity index (χ3n) is 6.40. The Morgan fingerprint density at radius 1 is 1.36 bits per heavy atom. The van der Waals surface area contributed by atoms with Gasteiger partial charge in [-0.1, -0.05) is 19.1 Å². The molecule has 2 bridgehead atoms. The molecule has 5 rings (SSSR count). The topological polar surface area (TPSA) is 90.5 Å². The third kappa shape index (κ3) is 2.51. The minimum absolute atomic E-state index is 0.0265. The molecule has 0 radical (unpaired) electrons. The van der Waals surface area contributed by atoms with Gasteiger partial charge in [-0.3, -0.25) is 9.59 Å². The molecule has 0 aromatic heterocycles. The normalized spacial score (nSPS) is 35.7. The summed E-state index contributed by atoms with van der Waals surface area (Å²) in [4.78, 5) is 25.2. The second-order valence-corrected chi connectivity index (χ2v) is 7.97. The lowest BCUT2D eigenvalue weighted by molar-refractivity contribution is -0.139. The highest BCUT2D eigenvalue weighted by molar-refractivity contribution is 6.02. The predicted octanol–water partition coefficient (Wildman–Crippen LogP) is 1.47.